The molecule has 1 aromatic heterocycles. The Morgan fingerprint density at radius 2 is 2.30 bits per heavy atom. The molecule has 0 radical (unpaired) electrons. The molecule has 2 heteroatoms. The van der Waals surface area contributed by atoms with Gasteiger partial charge in [-0.3, -0.25) is 9.78 Å². The first-order valence-electron chi connectivity index (χ1n) is 2.90. The highest BCUT2D eigenvalue weighted by atomic mass is 16.1. The second kappa shape index (κ2) is 2.92. The minimum Gasteiger partial charge on any atom is -0.298 e. The first kappa shape index (κ1) is 6.68. The largest absolute Gasteiger partial charge is 0.298 e. The highest BCUT2D eigenvalue weighted by Crippen LogP contribution is 1.97. The quantitative estimate of drug-likeness (QED) is 0.573. The maximum absolute atomic E-state index is 10.1. The summed E-state index contributed by atoms with van der Waals surface area (Å²) in [5.74, 6) is 0. The maximum Gasteiger partial charge on any atom is 0.151 e. The molecule has 0 aromatic carbocycles. The van der Waals surface area contributed by atoms with Crippen LogP contribution in [0.1, 0.15) is 16.1 Å². The van der Waals surface area contributed by atoms with Crippen molar-refractivity contribution in [2.45, 2.75) is 0 Å². The predicted octanol–water partition coefficient (Wildman–Crippen LogP) is 1.54. The van der Waals surface area contributed by atoms with Crippen LogP contribution in [0.3, 0.4) is 0 Å². The average molecular weight is 133 g/mol. The van der Waals surface area contributed by atoms with Gasteiger partial charge in [0.15, 0.2) is 6.29 Å². The highest BCUT2D eigenvalue weighted by Gasteiger charge is 1.88. The van der Waals surface area contributed by atoms with Gasteiger partial charge in [0.1, 0.15) is 0 Å². The summed E-state index contributed by atoms with van der Waals surface area (Å²) in [7, 11) is 0. The van der Waals surface area contributed by atoms with E-state index in [1.807, 2.05) is 0 Å². The fourth-order valence-electron chi connectivity index (χ4n) is 0.607. The zero-order chi connectivity index (χ0) is 7.40. The lowest BCUT2D eigenvalue weighted by Crippen LogP contribution is -1.83. The lowest BCUT2D eigenvalue weighted by atomic mass is 10.3. The molecule has 0 spiro atoms. The topological polar surface area (TPSA) is 30.0 Å². The van der Waals surface area contributed by atoms with E-state index in [4.69, 9.17) is 0 Å². The fraction of sp³-hybridized carbons (Fsp3) is 0. The van der Waals surface area contributed by atoms with E-state index in [2.05, 4.69) is 11.6 Å². The molecule has 2 nitrogen and oxygen atoms in total. The van der Waals surface area contributed by atoms with Crippen LogP contribution in [0.25, 0.3) is 6.08 Å². The van der Waals surface area contributed by atoms with Crippen molar-refractivity contribution >= 4 is 12.4 Å². The Hall–Kier alpha value is -1.44. The minimum absolute atomic E-state index is 0.589. The van der Waals surface area contributed by atoms with E-state index >= 15 is 0 Å². The van der Waals surface area contributed by atoms with Crippen molar-refractivity contribution in [2.24, 2.45) is 0 Å². The number of carbonyl (C=O) groups excluding carboxylic acids is 1. The molecule has 50 valence electrons. The number of hydrogen-bond acceptors (Lipinski definition) is 2. The van der Waals surface area contributed by atoms with E-state index in [-0.39, 0.29) is 0 Å². The van der Waals surface area contributed by atoms with Crippen molar-refractivity contribution in [1.82, 2.24) is 4.98 Å². The predicted molar refractivity (Wildman–Crippen MR) is 39.7 cm³/mol. The van der Waals surface area contributed by atoms with Crippen molar-refractivity contribution < 1.29 is 4.79 Å². The summed E-state index contributed by atoms with van der Waals surface area (Å²) in [5, 5.41) is 0. The van der Waals surface area contributed by atoms with Gasteiger partial charge in [0.05, 0.1) is 5.69 Å². The van der Waals surface area contributed by atoms with Gasteiger partial charge in [-0.1, -0.05) is 6.58 Å². The Bertz CT molecular complexity index is 211. The molecule has 10 heavy (non-hydrogen) atoms. The smallest absolute Gasteiger partial charge is 0.151 e. The van der Waals surface area contributed by atoms with Crippen molar-refractivity contribution in [3.8, 4) is 0 Å². The molecule has 0 bridgehead atoms. The van der Waals surface area contributed by atoms with Crippen LogP contribution in [0.2, 0.25) is 0 Å². The Labute approximate surface area is 59.2 Å². The van der Waals surface area contributed by atoms with Crippen molar-refractivity contribution in [3.63, 3.8) is 0 Å². The summed E-state index contributed by atoms with van der Waals surface area (Å²) in [6, 6.07) is 3.45. The molecule has 1 rings (SSSR count). The first-order chi connectivity index (χ1) is 4.86. The molecule has 1 heterocycles. The Balaban J connectivity index is 3.00. The number of aldehydes is 1. The van der Waals surface area contributed by atoms with Gasteiger partial charge in [0, 0.05) is 11.8 Å². The van der Waals surface area contributed by atoms with Crippen LogP contribution < -0.4 is 0 Å². The second-order valence-corrected chi connectivity index (χ2v) is 1.84. The van der Waals surface area contributed by atoms with E-state index in [9.17, 15) is 4.79 Å². The molecular formula is C8H7NO. The third kappa shape index (κ3) is 1.29. The molecule has 0 aliphatic heterocycles. The standard InChI is InChI=1S/C8H7NO/c1-2-8-4-3-7(6-10)5-9-8/h2-6H,1H2. The van der Waals surface area contributed by atoms with Crippen LogP contribution in [0.15, 0.2) is 24.9 Å². The van der Waals surface area contributed by atoms with Crippen LogP contribution in [0, 0.1) is 0 Å². The van der Waals surface area contributed by atoms with Gasteiger partial charge in [-0.15, -0.1) is 0 Å². The molecule has 0 saturated carbocycles. The third-order valence-corrected chi connectivity index (χ3v) is 1.15. The number of pyridine rings is 1. The molecule has 0 aliphatic carbocycles. The normalized spacial score (nSPS) is 8.80. The van der Waals surface area contributed by atoms with Crippen LogP contribution in [0.5, 0.6) is 0 Å². The summed E-state index contributed by atoms with van der Waals surface area (Å²) in [6.07, 6.45) is 3.92. The van der Waals surface area contributed by atoms with Gasteiger partial charge in [-0.25, -0.2) is 0 Å². The summed E-state index contributed by atoms with van der Waals surface area (Å²) in [4.78, 5) is 14.1. The van der Waals surface area contributed by atoms with Crippen LogP contribution in [0.4, 0.5) is 0 Å². The summed E-state index contributed by atoms with van der Waals surface area (Å²) in [5.41, 5.74) is 1.37. The number of aromatic nitrogens is 1. The van der Waals surface area contributed by atoms with Crippen molar-refractivity contribution in [2.75, 3.05) is 0 Å². The molecule has 0 unspecified atom stereocenters. The average Bonchev–Trinajstić information content (AvgIpc) is 2.05. The summed E-state index contributed by atoms with van der Waals surface area (Å²) < 4.78 is 0. The van der Waals surface area contributed by atoms with Gasteiger partial charge in [-0.2, -0.15) is 0 Å². The monoisotopic (exact) mass is 133 g/mol. The van der Waals surface area contributed by atoms with Crippen molar-refractivity contribution in [1.29, 1.82) is 0 Å². The molecule has 0 amide bonds. The van der Waals surface area contributed by atoms with Crippen molar-refractivity contribution in [3.05, 3.63) is 36.2 Å². The van der Waals surface area contributed by atoms with Gasteiger partial charge >= 0.3 is 0 Å². The summed E-state index contributed by atoms with van der Waals surface area (Å²) >= 11 is 0. The molecule has 0 N–H and O–H groups in total. The lowest BCUT2D eigenvalue weighted by molar-refractivity contribution is 0.112. The molecule has 0 saturated heterocycles. The van der Waals surface area contributed by atoms with Gasteiger partial charge in [0.2, 0.25) is 0 Å². The van der Waals surface area contributed by atoms with E-state index in [0.717, 1.165) is 12.0 Å². The zero-order valence-electron chi connectivity index (χ0n) is 5.45. The molecule has 0 fully saturated rings. The molecule has 0 atom stereocenters. The fourth-order valence-corrected chi connectivity index (χ4v) is 0.607. The summed E-state index contributed by atoms with van der Waals surface area (Å²) in [6.45, 7) is 3.54. The molecule has 0 aliphatic rings. The van der Waals surface area contributed by atoms with Crippen LogP contribution >= 0.6 is 0 Å². The Kier molecular flexibility index (Phi) is 1.95. The molecular weight excluding hydrogens is 126 g/mol. The van der Waals surface area contributed by atoms with E-state index in [1.165, 1.54) is 6.20 Å². The van der Waals surface area contributed by atoms with Crippen LogP contribution in [-0.2, 0) is 0 Å². The minimum atomic E-state index is 0.589. The number of hydrogen-bond donors (Lipinski definition) is 0. The molecule has 1 aromatic rings. The second-order valence-electron chi connectivity index (χ2n) is 1.84. The van der Waals surface area contributed by atoms with E-state index in [0.29, 0.717) is 5.56 Å². The third-order valence-electron chi connectivity index (χ3n) is 1.15. The number of carbonyl (C=O) groups is 1. The number of rotatable bonds is 2. The van der Waals surface area contributed by atoms with Crippen LogP contribution in [-0.4, -0.2) is 11.3 Å². The zero-order valence-corrected chi connectivity index (χ0v) is 5.45. The Morgan fingerprint density at radius 3 is 2.70 bits per heavy atom. The van der Waals surface area contributed by atoms with E-state index < -0.39 is 0 Å². The van der Waals surface area contributed by atoms with Gasteiger partial charge in [0.25, 0.3) is 0 Å². The lowest BCUT2D eigenvalue weighted by Gasteiger charge is -1.90. The maximum atomic E-state index is 10.1. The first-order valence-corrected chi connectivity index (χ1v) is 2.90. The number of nitrogens with zero attached hydrogens (tertiary/aromatic N) is 1. The van der Waals surface area contributed by atoms with E-state index in [1.54, 1.807) is 18.2 Å². The highest BCUT2D eigenvalue weighted by molar-refractivity contribution is 5.74. The Morgan fingerprint density at radius 1 is 1.50 bits per heavy atom. The van der Waals surface area contributed by atoms with Gasteiger partial charge in [-0.05, 0) is 18.2 Å². The van der Waals surface area contributed by atoms with Gasteiger partial charge < -0.3 is 0 Å². The SMILES string of the molecule is C=Cc1ccc(C=O)cn1.